The Kier molecular flexibility index (Phi) is 4.24. The number of hydrogen-bond donors (Lipinski definition) is 1. The molecular weight excluding hydrogens is 332 g/mol. The van der Waals surface area contributed by atoms with Crippen molar-refractivity contribution in [2.45, 2.75) is 4.90 Å². The summed E-state index contributed by atoms with van der Waals surface area (Å²) in [5.41, 5.74) is 5.48. The first-order valence-corrected chi connectivity index (χ1v) is 9.84. The summed E-state index contributed by atoms with van der Waals surface area (Å²) in [7, 11) is 0. The molecule has 0 radical (unpaired) electrons. The SMILES string of the molecule is CSc1ccc(-c2nc(-c3ccsc3)c(-c3ccccc3)[nH]2)cc1. The van der Waals surface area contributed by atoms with E-state index < -0.39 is 0 Å². The molecule has 0 aliphatic heterocycles. The lowest BCUT2D eigenvalue weighted by molar-refractivity contribution is 1.30. The summed E-state index contributed by atoms with van der Waals surface area (Å²) in [6.07, 6.45) is 2.09. The van der Waals surface area contributed by atoms with Crippen LogP contribution >= 0.6 is 23.1 Å². The van der Waals surface area contributed by atoms with Crippen LogP contribution in [0.1, 0.15) is 0 Å². The summed E-state index contributed by atoms with van der Waals surface area (Å²) >= 11 is 3.44. The van der Waals surface area contributed by atoms with Gasteiger partial charge in [0.25, 0.3) is 0 Å². The second kappa shape index (κ2) is 6.67. The van der Waals surface area contributed by atoms with E-state index in [1.54, 1.807) is 23.1 Å². The molecule has 0 atom stereocenters. The van der Waals surface area contributed by atoms with E-state index in [1.165, 1.54) is 4.90 Å². The molecule has 2 heterocycles. The number of benzene rings is 2. The summed E-state index contributed by atoms with van der Waals surface area (Å²) in [6.45, 7) is 0. The third kappa shape index (κ3) is 2.90. The third-order valence-electron chi connectivity index (χ3n) is 3.92. The molecule has 4 rings (SSSR count). The fourth-order valence-corrected chi connectivity index (χ4v) is 3.73. The van der Waals surface area contributed by atoms with E-state index in [0.717, 1.165) is 33.9 Å². The van der Waals surface area contributed by atoms with Crippen LogP contribution in [0.4, 0.5) is 0 Å². The zero-order chi connectivity index (χ0) is 16.4. The van der Waals surface area contributed by atoms with E-state index in [1.807, 2.05) is 6.07 Å². The van der Waals surface area contributed by atoms with Gasteiger partial charge in [0.05, 0.1) is 11.4 Å². The Labute approximate surface area is 149 Å². The van der Waals surface area contributed by atoms with Gasteiger partial charge in [0.1, 0.15) is 5.82 Å². The summed E-state index contributed by atoms with van der Waals surface area (Å²) in [5.74, 6) is 0.905. The lowest BCUT2D eigenvalue weighted by atomic mass is 10.1. The van der Waals surface area contributed by atoms with Gasteiger partial charge in [-0.25, -0.2) is 4.98 Å². The Morgan fingerprint density at radius 3 is 2.33 bits per heavy atom. The predicted octanol–water partition coefficient (Wildman–Crippen LogP) is 6.19. The maximum Gasteiger partial charge on any atom is 0.138 e. The van der Waals surface area contributed by atoms with Crippen molar-refractivity contribution in [2.75, 3.05) is 6.26 Å². The molecule has 0 saturated heterocycles. The van der Waals surface area contributed by atoms with E-state index >= 15 is 0 Å². The molecule has 0 amide bonds. The minimum Gasteiger partial charge on any atom is -0.337 e. The first kappa shape index (κ1) is 15.2. The molecule has 0 aliphatic carbocycles. The van der Waals surface area contributed by atoms with Gasteiger partial charge in [-0.3, -0.25) is 0 Å². The average Bonchev–Trinajstić information content (AvgIpc) is 3.32. The van der Waals surface area contributed by atoms with Crippen LogP contribution in [0, 0.1) is 0 Å². The smallest absolute Gasteiger partial charge is 0.138 e. The summed E-state index contributed by atoms with van der Waals surface area (Å²) in [6, 6.07) is 21.0. The largest absolute Gasteiger partial charge is 0.337 e. The Balaban J connectivity index is 1.85. The van der Waals surface area contributed by atoms with Crippen molar-refractivity contribution >= 4 is 23.1 Å². The second-order valence-corrected chi connectivity index (χ2v) is 7.08. The average molecular weight is 348 g/mol. The van der Waals surface area contributed by atoms with Crippen LogP contribution < -0.4 is 0 Å². The van der Waals surface area contributed by atoms with Crippen molar-refractivity contribution in [1.82, 2.24) is 9.97 Å². The van der Waals surface area contributed by atoms with Gasteiger partial charge < -0.3 is 4.98 Å². The van der Waals surface area contributed by atoms with Crippen LogP contribution in [-0.4, -0.2) is 16.2 Å². The zero-order valence-electron chi connectivity index (χ0n) is 13.2. The van der Waals surface area contributed by atoms with E-state index in [4.69, 9.17) is 4.98 Å². The maximum absolute atomic E-state index is 4.90. The van der Waals surface area contributed by atoms with Gasteiger partial charge in [0.15, 0.2) is 0 Å². The molecule has 24 heavy (non-hydrogen) atoms. The Hall–Kier alpha value is -2.30. The molecule has 0 spiro atoms. The summed E-state index contributed by atoms with van der Waals surface area (Å²) < 4.78 is 0. The molecule has 1 N–H and O–H groups in total. The first-order valence-electron chi connectivity index (χ1n) is 7.67. The molecule has 0 unspecified atom stereocenters. The van der Waals surface area contributed by atoms with Crippen LogP contribution in [0.3, 0.4) is 0 Å². The number of H-pyrrole nitrogens is 1. The van der Waals surface area contributed by atoms with Crippen molar-refractivity contribution in [3.05, 3.63) is 71.4 Å². The molecule has 2 aromatic carbocycles. The Bertz CT molecular complexity index is 924. The van der Waals surface area contributed by atoms with E-state index in [9.17, 15) is 0 Å². The zero-order valence-corrected chi connectivity index (χ0v) is 14.8. The molecule has 2 nitrogen and oxygen atoms in total. The van der Waals surface area contributed by atoms with Gasteiger partial charge in [0, 0.05) is 27.0 Å². The highest BCUT2D eigenvalue weighted by Gasteiger charge is 2.15. The summed E-state index contributed by atoms with van der Waals surface area (Å²) in [5, 5.41) is 4.23. The van der Waals surface area contributed by atoms with Gasteiger partial charge in [0.2, 0.25) is 0 Å². The minimum absolute atomic E-state index is 0.905. The standard InChI is InChI=1S/C20H16N2S2/c1-23-17-9-7-15(8-10-17)20-21-18(14-5-3-2-4-6-14)19(22-20)16-11-12-24-13-16/h2-13H,1H3,(H,21,22). The molecular formula is C20H16N2S2. The second-order valence-electron chi connectivity index (χ2n) is 5.42. The number of rotatable bonds is 4. The van der Waals surface area contributed by atoms with Crippen LogP contribution in [-0.2, 0) is 0 Å². The molecule has 2 aromatic heterocycles. The van der Waals surface area contributed by atoms with Gasteiger partial charge in [-0.15, -0.1) is 11.8 Å². The maximum atomic E-state index is 4.90. The fourth-order valence-electron chi connectivity index (χ4n) is 2.68. The van der Waals surface area contributed by atoms with Crippen LogP contribution in [0.5, 0.6) is 0 Å². The van der Waals surface area contributed by atoms with Crippen LogP contribution in [0.2, 0.25) is 0 Å². The lowest BCUT2D eigenvalue weighted by Crippen LogP contribution is -1.81. The van der Waals surface area contributed by atoms with Crippen molar-refractivity contribution in [3.8, 4) is 33.9 Å². The number of hydrogen-bond acceptors (Lipinski definition) is 3. The van der Waals surface area contributed by atoms with Gasteiger partial charge >= 0.3 is 0 Å². The Morgan fingerprint density at radius 2 is 1.67 bits per heavy atom. The predicted molar refractivity (Wildman–Crippen MR) is 105 cm³/mol. The number of aromatic nitrogens is 2. The lowest BCUT2D eigenvalue weighted by Gasteiger charge is -2.01. The van der Waals surface area contributed by atoms with Crippen LogP contribution in [0.15, 0.2) is 76.3 Å². The number of nitrogens with one attached hydrogen (secondary N) is 1. The van der Waals surface area contributed by atoms with Crippen molar-refractivity contribution < 1.29 is 0 Å². The summed E-state index contributed by atoms with van der Waals surface area (Å²) in [4.78, 5) is 9.68. The first-order chi connectivity index (χ1) is 11.8. The highest BCUT2D eigenvalue weighted by molar-refractivity contribution is 7.98. The highest BCUT2D eigenvalue weighted by atomic mass is 32.2. The number of imidazole rings is 1. The molecule has 0 aliphatic rings. The normalized spacial score (nSPS) is 10.9. The number of aromatic amines is 1. The van der Waals surface area contributed by atoms with E-state index in [0.29, 0.717) is 0 Å². The molecule has 0 fully saturated rings. The van der Waals surface area contributed by atoms with E-state index in [2.05, 4.69) is 76.6 Å². The minimum atomic E-state index is 0.905. The molecule has 118 valence electrons. The highest BCUT2D eigenvalue weighted by Crippen LogP contribution is 2.34. The molecule has 0 bridgehead atoms. The van der Waals surface area contributed by atoms with Crippen molar-refractivity contribution in [3.63, 3.8) is 0 Å². The Morgan fingerprint density at radius 1 is 0.875 bits per heavy atom. The quantitative estimate of drug-likeness (QED) is 0.445. The molecule has 0 saturated carbocycles. The molecule has 4 heteroatoms. The third-order valence-corrected chi connectivity index (χ3v) is 5.35. The fraction of sp³-hybridized carbons (Fsp3) is 0.0500. The van der Waals surface area contributed by atoms with Crippen LogP contribution in [0.25, 0.3) is 33.9 Å². The van der Waals surface area contributed by atoms with E-state index in [-0.39, 0.29) is 0 Å². The number of thioether (sulfide) groups is 1. The number of nitrogens with zero attached hydrogens (tertiary/aromatic N) is 1. The van der Waals surface area contributed by atoms with Gasteiger partial charge in [-0.1, -0.05) is 42.5 Å². The monoisotopic (exact) mass is 348 g/mol. The number of thiophene rings is 1. The van der Waals surface area contributed by atoms with Crippen molar-refractivity contribution in [2.24, 2.45) is 0 Å². The molecule has 4 aromatic rings. The topological polar surface area (TPSA) is 28.7 Å². The van der Waals surface area contributed by atoms with Crippen molar-refractivity contribution in [1.29, 1.82) is 0 Å². The van der Waals surface area contributed by atoms with Gasteiger partial charge in [-0.05, 0) is 29.8 Å². The van der Waals surface area contributed by atoms with Gasteiger partial charge in [-0.2, -0.15) is 11.3 Å².